The van der Waals surface area contributed by atoms with E-state index in [1.54, 1.807) is 18.4 Å². The highest BCUT2D eigenvalue weighted by molar-refractivity contribution is 7.15. The van der Waals surface area contributed by atoms with Crippen LogP contribution in [0.5, 0.6) is 0 Å². The smallest absolute Gasteiger partial charge is 0.185 e. The van der Waals surface area contributed by atoms with E-state index in [2.05, 4.69) is 29.0 Å². The molecule has 0 aliphatic carbocycles. The molecule has 0 unspecified atom stereocenters. The largest absolute Gasteiger partial charge is 0.383 e. The predicted octanol–water partition coefficient (Wildman–Crippen LogP) is 1.49. The fourth-order valence-corrected chi connectivity index (χ4v) is 3.00. The third kappa shape index (κ3) is 4.42. The zero-order valence-electron chi connectivity index (χ0n) is 11.9. The summed E-state index contributed by atoms with van der Waals surface area (Å²) in [4.78, 5) is 8.09. The number of anilines is 1. The summed E-state index contributed by atoms with van der Waals surface area (Å²) in [5.74, 6) is 0. The zero-order valence-corrected chi connectivity index (χ0v) is 12.8. The normalized spacial score (nSPS) is 18.8. The Bertz CT molecular complexity index is 395. The van der Waals surface area contributed by atoms with E-state index in [0.29, 0.717) is 0 Å². The van der Waals surface area contributed by atoms with Crippen molar-refractivity contribution < 1.29 is 9.47 Å². The maximum absolute atomic E-state index is 5.72. The van der Waals surface area contributed by atoms with Gasteiger partial charge >= 0.3 is 0 Å². The molecule has 108 valence electrons. The summed E-state index contributed by atoms with van der Waals surface area (Å²) in [5.41, 5.74) is -0.0825. The van der Waals surface area contributed by atoms with E-state index in [4.69, 9.17) is 9.47 Å². The molecule has 0 spiro atoms. The van der Waals surface area contributed by atoms with Crippen LogP contribution in [0.4, 0.5) is 5.13 Å². The van der Waals surface area contributed by atoms with Crippen molar-refractivity contribution in [2.45, 2.75) is 26.0 Å². The summed E-state index contributed by atoms with van der Waals surface area (Å²) in [7, 11) is 1.71. The number of thiazole rings is 1. The summed E-state index contributed by atoms with van der Waals surface area (Å²) in [6.07, 6.45) is 1.96. The number of rotatable bonds is 6. The quantitative estimate of drug-likeness (QED) is 0.803. The highest BCUT2D eigenvalue weighted by Gasteiger charge is 2.28. The SMILES string of the molecule is COCCNCc1cnc(N2CCOC(C)(C)C2)s1. The van der Waals surface area contributed by atoms with Gasteiger partial charge in [-0.15, -0.1) is 11.3 Å². The van der Waals surface area contributed by atoms with Gasteiger partial charge in [-0.2, -0.15) is 0 Å². The molecule has 0 atom stereocenters. The molecule has 1 aliphatic rings. The van der Waals surface area contributed by atoms with Crippen LogP contribution in [0, 0.1) is 0 Å². The van der Waals surface area contributed by atoms with Gasteiger partial charge in [0.2, 0.25) is 0 Å². The summed E-state index contributed by atoms with van der Waals surface area (Å²) >= 11 is 1.75. The first kappa shape index (κ1) is 14.7. The summed E-state index contributed by atoms with van der Waals surface area (Å²) in [5, 5.41) is 4.43. The molecule has 1 fully saturated rings. The molecule has 0 amide bonds. The number of morpholine rings is 1. The minimum Gasteiger partial charge on any atom is -0.383 e. The Balaban J connectivity index is 1.86. The van der Waals surface area contributed by atoms with E-state index in [1.165, 1.54) is 4.88 Å². The van der Waals surface area contributed by atoms with Crippen LogP contribution in [0.25, 0.3) is 0 Å². The van der Waals surface area contributed by atoms with Crippen LogP contribution in [0.3, 0.4) is 0 Å². The Morgan fingerprint density at radius 3 is 3.16 bits per heavy atom. The van der Waals surface area contributed by atoms with Gasteiger partial charge < -0.3 is 19.7 Å². The lowest BCUT2D eigenvalue weighted by molar-refractivity contribution is -0.0277. The lowest BCUT2D eigenvalue weighted by Crippen LogP contribution is -2.48. The van der Waals surface area contributed by atoms with E-state index in [-0.39, 0.29) is 5.60 Å². The number of methoxy groups -OCH3 is 1. The first-order valence-corrected chi connectivity index (χ1v) is 7.46. The van der Waals surface area contributed by atoms with Crippen molar-refractivity contribution >= 4 is 16.5 Å². The molecule has 1 N–H and O–H groups in total. The minimum absolute atomic E-state index is 0.0825. The van der Waals surface area contributed by atoms with E-state index in [0.717, 1.165) is 44.5 Å². The van der Waals surface area contributed by atoms with Crippen LogP contribution in [-0.4, -0.2) is 50.5 Å². The standard InChI is InChI=1S/C13H23N3O2S/c1-13(2)10-16(5-7-18-13)12-15-9-11(19-12)8-14-4-6-17-3/h9,14H,4-8,10H2,1-3H3. The van der Waals surface area contributed by atoms with Crippen molar-refractivity contribution in [2.24, 2.45) is 0 Å². The van der Waals surface area contributed by atoms with Gasteiger partial charge in [-0.1, -0.05) is 0 Å². The number of aromatic nitrogens is 1. The third-order valence-electron chi connectivity index (χ3n) is 3.02. The number of ether oxygens (including phenoxy) is 2. The predicted molar refractivity (Wildman–Crippen MR) is 77.9 cm³/mol. The van der Waals surface area contributed by atoms with Gasteiger partial charge in [-0.3, -0.25) is 0 Å². The Labute approximate surface area is 118 Å². The summed E-state index contributed by atoms with van der Waals surface area (Å²) in [6, 6.07) is 0. The van der Waals surface area contributed by atoms with E-state index < -0.39 is 0 Å². The Kier molecular flexibility index (Phi) is 5.15. The van der Waals surface area contributed by atoms with Gasteiger partial charge in [-0.25, -0.2) is 4.98 Å². The second kappa shape index (κ2) is 6.65. The first-order chi connectivity index (χ1) is 9.11. The molecule has 19 heavy (non-hydrogen) atoms. The van der Waals surface area contributed by atoms with Crippen LogP contribution in [0.15, 0.2) is 6.20 Å². The molecular weight excluding hydrogens is 262 g/mol. The summed E-state index contributed by atoms with van der Waals surface area (Å²) in [6.45, 7) is 9.31. The maximum atomic E-state index is 5.72. The van der Waals surface area contributed by atoms with Crippen LogP contribution in [0.1, 0.15) is 18.7 Å². The van der Waals surface area contributed by atoms with Gasteiger partial charge in [-0.05, 0) is 13.8 Å². The van der Waals surface area contributed by atoms with Crippen molar-refractivity contribution in [2.75, 3.05) is 44.9 Å². The fourth-order valence-electron chi connectivity index (χ4n) is 2.09. The van der Waals surface area contributed by atoms with Crippen LogP contribution < -0.4 is 10.2 Å². The van der Waals surface area contributed by atoms with E-state index in [9.17, 15) is 0 Å². The molecule has 0 bridgehead atoms. The molecule has 0 aromatic carbocycles. The van der Waals surface area contributed by atoms with Crippen LogP contribution in [0.2, 0.25) is 0 Å². The average Bonchev–Trinajstić information content (AvgIpc) is 2.82. The van der Waals surface area contributed by atoms with Crippen LogP contribution >= 0.6 is 11.3 Å². The molecule has 0 radical (unpaired) electrons. The lowest BCUT2D eigenvalue weighted by atomic mass is 10.1. The molecule has 1 aromatic rings. The van der Waals surface area contributed by atoms with Crippen molar-refractivity contribution in [1.29, 1.82) is 0 Å². The number of hydrogen-bond donors (Lipinski definition) is 1. The van der Waals surface area contributed by atoms with Crippen molar-refractivity contribution in [1.82, 2.24) is 10.3 Å². The lowest BCUT2D eigenvalue weighted by Gasteiger charge is -2.37. The highest BCUT2D eigenvalue weighted by Crippen LogP contribution is 2.27. The second-order valence-corrected chi connectivity index (χ2v) is 6.40. The Morgan fingerprint density at radius 2 is 2.42 bits per heavy atom. The fraction of sp³-hybridized carbons (Fsp3) is 0.769. The van der Waals surface area contributed by atoms with Gasteiger partial charge in [0.25, 0.3) is 0 Å². The van der Waals surface area contributed by atoms with Gasteiger partial charge in [0.05, 0.1) is 18.8 Å². The molecule has 2 heterocycles. The molecule has 5 nitrogen and oxygen atoms in total. The number of hydrogen-bond acceptors (Lipinski definition) is 6. The number of nitrogens with one attached hydrogen (secondary N) is 1. The van der Waals surface area contributed by atoms with Crippen molar-refractivity contribution in [3.8, 4) is 0 Å². The molecule has 1 aromatic heterocycles. The summed E-state index contributed by atoms with van der Waals surface area (Å²) < 4.78 is 10.7. The van der Waals surface area contributed by atoms with E-state index in [1.807, 2.05) is 6.20 Å². The van der Waals surface area contributed by atoms with Crippen LogP contribution in [-0.2, 0) is 16.0 Å². The molecule has 6 heteroatoms. The zero-order chi connectivity index (χ0) is 13.7. The van der Waals surface area contributed by atoms with Gasteiger partial charge in [0.15, 0.2) is 5.13 Å². The second-order valence-electron chi connectivity index (χ2n) is 5.31. The molecule has 1 aliphatic heterocycles. The van der Waals surface area contributed by atoms with Gasteiger partial charge in [0, 0.05) is 44.4 Å². The van der Waals surface area contributed by atoms with Gasteiger partial charge in [0.1, 0.15) is 0 Å². The molecule has 0 saturated carbocycles. The maximum Gasteiger partial charge on any atom is 0.185 e. The average molecular weight is 285 g/mol. The Morgan fingerprint density at radius 1 is 1.58 bits per heavy atom. The third-order valence-corrected chi connectivity index (χ3v) is 4.08. The topological polar surface area (TPSA) is 46.6 Å². The highest BCUT2D eigenvalue weighted by atomic mass is 32.1. The number of nitrogens with zero attached hydrogens (tertiary/aromatic N) is 2. The molecule has 1 saturated heterocycles. The first-order valence-electron chi connectivity index (χ1n) is 6.64. The van der Waals surface area contributed by atoms with Crippen molar-refractivity contribution in [3.63, 3.8) is 0 Å². The van der Waals surface area contributed by atoms with E-state index >= 15 is 0 Å². The minimum atomic E-state index is -0.0825. The monoisotopic (exact) mass is 285 g/mol. The molecular formula is C13H23N3O2S. The molecule has 2 rings (SSSR count). The Hall–Kier alpha value is -0.690. The van der Waals surface area contributed by atoms with Crippen molar-refractivity contribution in [3.05, 3.63) is 11.1 Å².